The Morgan fingerprint density at radius 1 is 0.909 bits per heavy atom. The fourth-order valence-corrected chi connectivity index (χ4v) is 2.29. The minimum atomic E-state index is -4.86. The first kappa shape index (κ1) is 16.9. The molecule has 22 heavy (non-hydrogen) atoms. The van der Waals surface area contributed by atoms with Crippen molar-refractivity contribution in [1.29, 1.82) is 0 Å². The molecule has 1 aliphatic rings. The molecule has 0 bridgehead atoms. The summed E-state index contributed by atoms with van der Waals surface area (Å²) in [5.41, 5.74) is -2.71. The van der Waals surface area contributed by atoms with E-state index in [1.165, 1.54) is 0 Å². The Morgan fingerprint density at radius 2 is 1.36 bits per heavy atom. The van der Waals surface area contributed by atoms with Gasteiger partial charge in [0.05, 0.1) is 11.1 Å². The Bertz CT molecular complexity index is 485. The van der Waals surface area contributed by atoms with E-state index in [1.54, 1.807) is 0 Å². The normalized spacial score (nSPS) is 18.5. The van der Waals surface area contributed by atoms with Crippen molar-refractivity contribution in [3.63, 3.8) is 0 Å². The number of hydrogen-bond acceptors (Lipinski definition) is 2. The van der Waals surface area contributed by atoms with E-state index in [1.807, 2.05) is 11.9 Å². The van der Waals surface area contributed by atoms with Gasteiger partial charge in [-0.2, -0.15) is 26.3 Å². The molecule has 2 rings (SSSR count). The molecule has 0 saturated carbocycles. The van der Waals surface area contributed by atoms with Crippen molar-refractivity contribution in [2.24, 2.45) is 0 Å². The second-order valence-electron chi connectivity index (χ2n) is 5.36. The zero-order chi connectivity index (χ0) is 16.5. The van der Waals surface area contributed by atoms with Crippen LogP contribution in [0.5, 0.6) is 5.75 Å². The lowest BCUT2D eigenvalue weighted by molar-refractivity contribution is -0.143. The lowest BCUT2D eigenvalue weighted by Crippen LogP contribution is -2.35. The summed E-state index contributed by atoms with van der Waals surface area (Å²) in [7, 11) is 1.89. The first-order valence-electron chi connectivity index (χ1n) is 6.70. The monoisotopic (exact) mass is 327 g/mol. The minimum absolute atomic E-state index is 0.0987. The number of hydrogen-bond donors (Lipinski definition) is 0. The Morgan fingerprint density at radius 3 is 1.77 bits per heavy atom. The first-order valence-corrected chi connectivity index (χ1v) is 6.70. The Kier molecular flexibility index (Phi) is 4.60. The molecular formula is C14H15F6NO. The maximum atomic E-state index is 12.7. The van der Waals surface area contributed by atoms with Crippen LogP contribution in [0.3, 0.4) is 0 Å². The van der Waals surface area contributed by atoms with E-state index < -0.39 is 29.2 Å². The number of alkyl halides is 6. The number of likely N-dealkylation sites (tertiary alicyclic amines) is 1. The molecule has 8 heteroatoms. The Labute approximate surface area is 123 Å². The second kappa shape index (κ2) is 5.98. The summed E-state index contributed by atoms with van der Waals surface area (Å²) < 4.78 is 81.8. The fraction of sp³-hybridized carbons (Fsp3) is 0.571. The van der Waals surface area contributed by atoms with Crippen molar-refractivity contribution < 1.29 is 31.1 Å². The summed E-state index contributed by atoms with van der Waals surface area (Å²) >= 11 is 0. The van der Waals surface area contributed by atoms with Gasteiger partial charge in [-0.25, -0.2) is 0 Å². The van der Waals surface area contributed by atoms with E-state index in [0.717, 1.165) is 0 Å². The van der Waals surface area contributed by atoms with Gasteiger partial charge in [-0.3, -0.25) is 0 Å². The first-order chi connectivity index (χ1) is 10.1. The molecule has 0 spiro atoms. The minimum Gasteiger partial charge on any atom is -0.490 e. The summed E-state index contributed by atoms with van der Waals surface area (Å²) in [6.07, 6.45) is -8.96. The van der Waals surface area contributed by atoms with Gasteiger partial charge in [-0.05, 0) is 38.1 Å². The van der Waals surface area contributed by atoms with E-state index >= 15 is 0 Å². The van der Waals surface area contributed by atoms with Gasteiger partial charge in [-0.1, -0.05) is 0 Å². The molecule has 1 saturated heterocycles. The van der Waals surface area contributed by atoms with Crippen LogP contribution in [0.15, 0.2) is 18.2 Å². The summed E-state index contributed by atoms with van der Waals surface area (Å²) in [6, 6.07) is 1.34. The van der Waals surface area contributed by atoms with Gasteiger partial charge < -0.3 is 9.64 Å². The highest BCUT2D eigenvalue weighted by atomic mass is 19.4. The quantitative estimate of drug-likeness (QED) is 0.755. The van der Waals surface area contributed by atoms with Crippen LogP contribution in [0.4, 0.5) is 26.3 Å². The zero-order valence-corrected chi connectivity index (χ0v) is 11.8. The largest absolute Gasteiger partial charge is 0.490 e. The van der Waals surface area contributed by atoms with E-state index in [0.29, 0.717) is 38.1 Å². The van der Waals surface area contributed by atoms with Crippen molar-refractivity contribution >= 4 is 0 Å². The van der Waals surface area contributed by atoms with Crippen molar-refractivity contribution in [3.8, 4) is 5.75 Å². The molecule has 0 unspecified atom stereocenters. The van der Waals surface area contributed by atoms with Gasteiger partial charge in [0.1, 0.15) is 11.9 Å². The van der Waals surface area contributed by atoms with Crippen LogP contribution in [-0.4, -0.2) is 31.1 Å². The van der Waals surface area contributed by atoms with Crippen LogP contribution in [0.25, 0.3) is 0 Å². The molecule has 124 valence electrons. The lowest BCUT2D eigenvalue weighted by Gasteiger charge is -2.29. The molecule has 1 aliphatic heterocycles. The third-order valence-corrected chi connectivity index (χ3v) is 3.53. The van der Waals surface area contributed by atoms with Gasteiger partial charge in [0.25, 0.3) is 0 Å². The smallest absolute Gasteiger partial charge is 0.416 e. The van der Waals surface area contributed by atoms with Gasteiger partial charge in [0.2, 0.25) is 0 Å². The van der Waals surface area contributed by atoms with E-state index in [-0.39, 0.29) is 12.2 Å². The highest BCUT2D eigenvalue weighted by molar-refractivity contribution is 5.37. The Hall–Kier alpha value is -1.44. The topological polar surface area (TPSA) is 12.5 Å². The molecule has 1 aromatic rings. The standard InChI is InChI=1S/C14H15F6NO/c1-21-4-2-11(3-5-21)22-12-7-9(13(15,16)17)6-10(8-12)14(18,19)20/h6-8,11H,2-5H2,1H3. The molecule has 1 heterocycles. The summed E-state index contributed by atoms with van der Waals surface area (Å²) in [4.78, 5) is 2.02. The van der Waals surface area contributed by atoms with E-state index in [4.69, 9.17) is 4.74 Å². The summed E-state index contributed by atoms with van der Waals surface area (Å²) in [5.74, 6) is -0.392. The van der Waals surface area contributed by atoms with Crippen molar-refractivity contribution in [1.82, 2.24) is 4.90 Å². The van der Waals surface area contributed by atoms with Gasteiger partial charge >= 0.3 is 12.4 Å². The SMILES string of the molecule is CN1CCC(Oc2cc(C(F)(F)F)cc(C(F)(F)F)c2)CC1. The number of nitrogens with zero attached hydrogens (tertiary/aromatic N) is 1. The van der Waals surface area contributed by atoms with Crippen LogP contribution < -0.4 is 4.74 Å². The van der Waals surface area contributed by atoms with Crippen molar-refractivity contribution in [2.75, 3.05) is 20.1 Å². The molecule has 0 amide bonds. The average molecular weight is 327 g/mol. The molecule has 0 aromatic heterocycles. The third kappa shape index (κ3) is 4.28. The van der Waals surface area contributed by atoms with Gasteiger partial charge in [0, 0.05) is 13.1 Å². The highest BCUT2D eigenvalue weighted by Gasteiger charge is 2.37. The molecule has 0 aliphatic carbocycles. The molecule has 0 radical (unpaired) electrons. The number of halogens is 6. The van der Waals surface area contributed by atoms with E-state index in [9.17, 15) is 26.3 Å². The second-order valence-corrected chi connectivity index (χ2v) is 5.36. The third-order valence-electron chi connectivity index (χ3n) is 3.53. The van der Waals surface area contributed by atoms with Crippen LogP contribution in [-0.2, 0) is 12.4 Å². The molecular weight excluding hydrogens is 312 g/mol. The maximum Gasteiger partial charge on any atom is 0.416 e. The highest BCUT2D eigenvalue weighted by Crippen LogP contribution is 2.38. The van der Waals surface area contributed by atoms with Crippen LogP contribution in [0.1, 0.15) is 24.0 Å². The van der Waals surface area contributed by atoms with E-state index in [2.05, 4.69) is 0 Å². The molecule has 0 N–H and O–H groups in total. The van der Waals surface area contributed by atoms with Gasteiger partial charge in [0.15, 0.2) is 0 Å². The van der Waals surface area contributed by atoms with Crippen molar-refractivity contribution in [3.05, 3.63) is 29.3 Å². The van der Waals surface area contributed by atoms with Crippen LogP contribution in [0.2, 0.25) is 0 Å². The van der Waals surface area contributed by atoms with Crippen LogP contribution >= 0.6 is 0 Å². The van der Waals surface area contributed by atoms with Crippen LogP contribution in [0, 0.1) is 0 Å². The molecule has 2 nitrogen and oxygen atoms in total. The van der Waals surface area contributed by atoms with Crippen molar-refractivity contribution in [2.45, 2.75) is 31.3 Å². The fourth-order valence-electron chi connectivity index (χ4n) is 2.29. The molecule has 1 fully saturated rings. The van der Waals surface area contributed by atoms with Gasteiger partial charge in [-0.15, -0.1) is 0 Å². The zero-order valence-electron chi connectivity index (χ0n) is 11.8. The Balaban J connectivity index is 2.26. The predicted molar refractivity (Wildman–Crippen MR) is 67.6 cm³/mol. The molecule has 1 aromatic carbocycles. The maximum absolute atomic E-state index is 12.7. The predicted octanol–water partition coefficient (Wildman–Crippen LogP) is 4.20. The summed E-state index contributed by atoms with van der Waals surface area (Å²) in [5, 5.41) is 0. The summed E-state index contributed by atoms with van der Waals surface area (Å²) in [6.45, 7) is 1.38. The number of rotatable bonds is 2. The number of piperidine rings is 1. The lowest BCUT2D eigenvalue weighted by atomic mass is 10.1. The molecule has 0 atom stereocenters. The average Bonchev–Trinajstić information content (AvgIpc) is 2.39. The number of ether oxygens (including phenoxy) is 1. The number of benzene rings is 1.